The molecule has 0 radical (unpaired) electrons. The highest BCUT2D eigenvalue weighted by Crippen LogP contribution is 2.19. The van der Waals surface area contributed by atoms with E-state index >= 15 is 0 Å². The lowest BCUT2D eigenvalue weighted by Gasteiger charge is -2.22. The van der Waals surface area contributed by atoms with E-state index in [4.69, 9.17) is 9.47 Å². The van der Waals surface area contributed by atoms with E-state index in [-0.39, 0.29) is 18.4 Å². The van der Waals surface area contributed by atoms with Crippen LogP contribution in [-0.4, -0.2) is 60.6 Å². The zero-order valence-electron chi connectivity index (χ0n) is 17.4. The summed E-state index contributed by atoms with van der Waals surface area (Å²) in [6, 6.07) is 14.1. The molecule has 31 heavy (non-hydrogen) atoms. The summed E-state index contributed by atoms with van der Waals surface area (Å²) in [5.74, 6) is 0.263. The van der Waals surface area contributed by atoms with Crippen LogP contribution in [0.15, 0.2) is 53.0 Å². The lowest BCUT2D eigenvalue weighted by molar-refractivity contribution is -0.130. The minimum absolute atomic E-state index is 0.0571. The summed E-state index contributed by atoms with van der Waals surface area (Å²) in [7, 11) is 0. The summed E-state index contributed by atoms with van der Waals surface area (Å²) < 4.78 is 10.7. The van der Waals surface area contributed by atoms with Crippen molar-refractivity contribution in [1.82, 2.24) is 9.80 Å². The third-order valence-electron chi connectivity index (χ3n) is 5.00. The molecule has 164 valence electrons. The smallest absolute Gasteiger partial charge is 0.434 e. The molecule has 0 saturated carbocycles. The number of hydrogen-bond acceptors (Lipinski definition) is 5. The van der Waals surface area contributed by atoms with E-state index in [1.165, 1.54) is 0 Å². The summed E-state index contributed by atoms with van der Waals surface area (Å²) in [4.78, 5) is 40.6. The molecule has 1 saturated heterocycles. The van der Waals surface area contributed by atoms with Crippen molar-refractivity contribution >= 4 is 33.9 Å². The third kappa shape index (κ3) is 6.30. The van der Waals surface area contributed by atoms with E-state index < -0.39 is 6.16 Å². The molecule has 8 heteroatoms. The van der Waals surface area contributed by atoms with Gasteiger partial charge in [0.25, 0.3) is 5.91 Å². The second-order valence-corrected chi connectivity index (χ2v) is 7.96. The van der Waals surface area contributed by atoms with E-state index in [1.807, 2.05) is 29.2 Å². The molecule has 0 unspecified atom stereocenters. The fourth-order valence-corrected chi connectivity index (χ4v) is 3.80. The molecule has 2 aromatic rings. The first-order chi connectivity index (χ1) is 15.0. The molecule has 0 aromatic heterocycles. The monoisotopic (exact) mass is 488 g/mol. The van der Waals surface area contributed by atoms with Crippen molar-refractivity contribution in [1.29, 1.82) is 0 Å². The number of benzene rings is 2. The van der Waals surface area contributed by atoms with Crippen molar-refractivity contribution in [3.05, 3.63) is 64.1 Å². The maximum Gasteiger partial charge on any atom is 0.513 e. The maximum atomic E-state index is 12.9. The van der Waals surface area contributed by atoms with Crippen LogP contribution in [0.3, 0.4) is 0 Å². The molecule has 0 spiro atoms. The molecule has 2 aromatic carbocycles. The van der Waals surface area contributed by atoms with Crippen LogP contribution < -0.4 is 4.74 Å². The van der Waals surface area contributed by atoms with Gasteiger partial charge in [0.05, 0.1) is 13.0 Å². The van der Waals surface area contributed by atoms with Gasteiger partial charge >= 0.3 is 6.16 Å². The molecule has 3 rings (SSSR count). The number of halogens is 1. The van der Waals surface area contributed by atoms with Crippen LogP contribution in [0.1, 0.15) is 29.3 Å². The van der Waals surface area contributed by atoms with Crippen molar-refractivity contribution in [3.8, 4) is 5.75 Å². The van der Waals surface area contributed by atoms with E-state index in [0.717, 1.165) is 16.5 Å². The Morgan fingerprint density at radius 1 is 0.935 bits per heavy atom. The van der Waals surface area contributed by atoms with Crippen molar-refractivity contribution in [2.75, 3.05) is 32.8 Å². The Morgan fingerprint density at radius 3 is 2.32 bits per heavy atom. The van der Waals surface area contributed by atoms with Gasteiger partial charge in [0.15, 0.2) is 0 Å². The number of amides is 2. The standard InChI is InChI=1S/C23H25BrN2O5/c1-2-30-23(29)31-19-10-8-17(9-11-19)22(28)26-13-5-12-25(14-15-26)21(27)16-18-6-3-4-7-20(18)24/h3-4,6-11H,2,5,12-16H2,1H3. The zero-order valence-corrected chi connectivity index (χ0v) is 19.0. The van der Waals surface area contributed by atoms with Crippen molar-refractivity contribution in [2.24, 2.45) is 0 Å². The highest BCUT2D eigenvalue weighted by Gasteiger charge is 2.23. The van der Waals surface area contributed by atoms with E-state index in [2.05, 4.69) is 15.9 Å². The quantitative estimate of drug-likeness (QED) is 0.471. The lowest BCUT2D eigenvalue weighted by atomic mass is 10.1. The highest BCUT2D eigenvalue weighted by molar-refractivity contribution is 9.10. The topological polar surface area (TPSA) is 76.2 Å². The van der Waals surface area contributed by atoms with Gasteiger partial charge in [-0.2, -0.15) is 0 Å². The second-order valence-electron chi connectivity index (χ2n) is 7.10. The summed E-state index contributed by atoms with van der Waals surface area (Å²) in [5.41, 5.74) is 1.46. The fourth-order valence-electron chi connectivity index (χ4n) is 3.38. The normalized spacial score (nSPS) is 14.0. The Kier molecular flexibility index (Phi) is 8.06. The van der Waals surface area contributed by atoms with Crippen LogP contribution in [0.5, 0.6) is 5.75 Å². The summed E-state index contributed by atoms with van der Waals surface area (Å²) >= 11 is 3.49. The number of ether oxygens (including phenoxy) is 2. The number of carbonyl (C=O) groups is 3. The molecule has 1 fully saturated rings. The first kappa shape index (κ1) is 22.8. The largest absolute Gasteiger partial charge is 0.513 e. The molecule has 0 aliphatic carbocycles. The molecular formula is C23H25BrN2O5. The van der Waals surface area contributed by atoms with Crippen LogP contribution in [0.4, 0.5) is 4.79 Å². The number of nitrogens with zero attached hydrogens (tertiary/aromatic N) is 2. The first-order valence-electron chi connectivity index (χ1n) is 10.2. The molecule has 1 aliphatic rings. The van der Waals surface area contributed by atoms with Crippen LogP contribution in [0.2, 0.25) is 0 Å². The van der Waals surface area contributed by atoms with Gasteiger partial charge < -0.3 is 19.3 Å². The SMILES string of the molecule is CCOC(=O)Oc1ccc(C(=O)N2CCCN(C(=O)Cc3ccccc3Br)CC2)cc1. The predicted molar refractivity (Wildman–Crippen MR) is 119 cm³/mol. The fraction of sp³-hybridized carbons (Fsp3) is 0.348. The Labute approximate surface area is 190 Å². The summed E-state index contributed by atoms with van der Waals surface area (Å²) in [6.07, 6.45) is 0.274. The summed E-state index contributed by atoms with van der Waals surface area (Å²) in [6.45, 7) is 4.10. The van der Waals surface area contributed by atoms with Gasteiger partial charge in [-0.1, -0.05) is 34.1 Å². The van der Waals surface area contributed by atoms with Gasteiger partial charge in [-0.05, 0) is 49.2 Å². The number of rotatable bonds is 5. The Bertz CT molecular complexity index is 932. The molecule has 0 N–H and O–H groups in total. The van der Waals surface area contributed by atoms with Crippen molar-refractivity contribution in [3.63, 3.8) is 0 Å². The second kappa shape index (κ2) is 10.9. The molecule has 1 aliphatic heterocycles. The third-order valence-corrected chi connectivity index (χ3v) is 5.77. The minimum atomic E-state index is -0.776. The molecule has 7 nitrogen and oxygen atoms in total. The summed E-state index contributed by atoms with van der Waals surface area (Å²) in [5, 5.41) is 0. The maximum absolute atomic E-state index is 12.9. The predicted octanol–water partition coefficient (Wildman–Crippen LogP) is 3.90. The van der Waals surface area contributed by atoms with Crippen LogP contribution in [0.25, 0.3) is 0 Å². The van der Waals surface area contributed by atoms with Crippen molar-refractivity contribution < 1.29 is 23.9 Å². The highest BCUT2D eigenvalue weighted by atomic mass is 79.9. The van der Waals surface area contributed by atoms with Gasteiger partial charge in [0.2, 0.25) is 5.91 Å². The Balaban J connectivity index is 1.56. The molecular weight excluding hydrogens is 464 g/mol. The molecule has 0 bridgehead atoms. The van der Waals surface area contributed by atoms with Gasteiger partial charge in [-0.3, -0.25) is 9.59 Å². The Morgan fingerprint density at radius 2 is 1.61 bits per heavy atom. The average Bonchev–Trinajstić information content (AvgIpc) is 3.02. The molecule has 2 amide bonds. The van der Waals surface area contributed by atoms with Gasteiger partial charge in [0.1, 0.15) is 5.75 Å². The lowest BCUT2D eigenvalue weighted by Crippen LogP contribution is -2.38. The van der Waals surface area contributed by atoms with Crippen LogP contribution in [-0.2, 0) is 16.0 Å². The van der Waals surface area contributed by atoms with Gasteiger partial charge in [0, 0.05) is 36.2 Å². The number of carbonyl (C=O) groups excluding carboxylic acids is 3. The van der Waals surface area contributed by atoms with Crippen LogP contribution >= 0.6 is 15.9 Å². The van der Waals surface area contributed by atoms with E-state index in [0.29, 0.717) is 43.9 Å². The van der Waals surface area contributed by atoms with Crippen LogP contribution in [0, 0.1) is 0 Å². The molecule has 0 atom stereocenters. The molecule has 1 heterocycles. The van der Waals surface area contributed by atoms with E-state index in [1.54, 1.807) is 36.1 Å². The van der Waals surface area contributed by atoms with Crippen molar-refractivity contribution in [2.45, 2.75) is 19.8 Å². The minimum Gasteiger partial charge on any atom is -0.434 e. The number of hydrogen-bond donors (Lipinski definition) is 0. The Hall–Kier alpha value is -2.87. The first-order valence-corrected chi connectivity index (χ1v) is 11.0. The van der Waals surface area contributed by atoms with Gasteiger partial charge in [-0.15, -0.1) is 0 Å². The zero-order chi connectivity index (χ0) is 22.2. The van der Waals surface area contributed by atoms with E-state index in [9.17, 15) is 14.4 Å². The van der Waals surface area contributed by atoms with Gasteiger partial charge in [-0.25, -0.2) is 4.79 Å². The average molecular weight is 489 g/mol.